The molecule has 0 aliphatic carbocycles. The number of ether oxygens (including phenoxy) is 2. The number of hydrogen-bond acceptors (Lipinski definition) is 7. The SMILES string of the molecule is CCC(B1OC(C)(C)C(C)(C)O1)=C(c1ccc(NC(=O)OC(C)(C)C)cc1)c1ccc(OCCN(C/C=C/C(=O)N(C)C)C(=O)O)cc1. The summed E-state index contributed by atoms with van der Waals surface area (Å²) >= 11 is 0. The molecule has 11 nitrogen and oxygen atoms in total. The molecule has 3 amide bonds. The van der Waals surface area contributed by atoms with E-state index >= 15 is 0 Å². The molecule has 3 rings (SSSR count). The summed E-state index contributed by atoms with van der Waals surface area (Å²) in [5.74, 6) is 0.357. The monoisotopic (exact) mass is 663 g/mol. The van der Waals surface area contributed by atoms with Crippen LogP contribution < -0.4 is 10.1 Å². The first-order valence-corrected chi connectivity index (χ1v) is 16.1. The fourth-order valence-electron chi connectivity index (χ4n) is 4.81. The molecule has 1 fully saturated rings. The highest BCUT2D eigenvalue weighted by Crippen LogP contribution is 2.42. The van der Waals surface area contributed by atoms with Gasteiger partial charge in [-0.1, -0.05) is 37.3 Å². The quantitative estimate of drug-likeness (QED) is 0.186. The topological polar surface area (TPSA) is 127 Å². The van der Waals surface area contributed by atoms with E-state index < -0.39 is 36.1 Å². The van der Waals surface area contributed by atoms with E-state index in [1.165, 1.54) is 22.0 Å². The zero-order chi connectivity index (χ0) is 35.9. The number of anilines is 1. The molecular formula is C36H50BN3O8. The number of allylic oxidation sites excluding steroid dienone is 1. The van der Waals surface area contributed by atoms with Gasteiger partial charge >= 0.3 is 19.3 Å². The Morgan fingerprint density at radius 3 is 1.96 bits per heavy atom. The molecule has 2 aromatic carbocycles. The number of carboxylic acid groups (broad SMARTS) is 1. The van der Waals surface area contributed by atoms with Crippen molar-refractivity contribution in [3.8, 4) is 5.75 Å². The highest BCUT2D eigenvalue weighted by atomic mass is 16.7. The van der Waals surface area contributed by atoms with Crippen molar-refractivity contribution in [2.45, 2.75) is 78.6 Å². The average molecular weight is 664 g/mol. The minimum atomic E-state index is -1.10. The molecule has 0 atom stereocenters. The third-order valence-corrected chi connectivity index (χ3v) is 8.13. The number of rotatable bonds is 12. The summed E-state index contributed by atoms with van der Waals surface area (Å²) in [5.41, 5.74) is 2.64. The van der Waals surface area contributed by atoms with Gasteiger partial charge in [0, 0.05) is 32.4 Å². The minimum absolute atomic E-state index is 0.0656. The van der Waals surface area contributed by atoms with Crippen molar-refractivity contribution in [1.29, 1.82) is 0 Å². The first-order valence-electron chi connectivity index (χ1n) is 16.1. The van der Waals surface area contributed by atoms with Crippen molar-refractivity contribution < 1.29 is 38.3 Å². The van der Waals surface area contributed by atoms with Crippen LogP contribution in [-0.4, -0.2) is 90.7 Å². The Morgan fingerprint density at radius 2 is 1.48 bits per heavy atom. The van der Waals surface area contributed by atoms with Crippen LogP contribution in [0.15, 0.2) is 66.2 Å². The lowest BCUT2D eigenvalue weighted by atomic mass is 9.71. The van der Waals surface area contributed by atoms with Gasteiger partial charge in [-0.25, -0.2) is 9.59 Å². The van der Waals surface area contributed by atoms with Gasteiger partial charge in [-0.05, 0) is 101 Å². The van der Waals surface area contributed by atoms with Crippen LogP contribution in [0.1, 0.15) is 72.9 Å². The van der Waals surface area contributed by atoms with Gasteiger partial charge in [0.25, 0.3) is 0 Å². The van der Waals surface area contributed by atoms with E-state index in [1.54, 1.807) is 14.1 Å². The van der Waals surface area contributed by atoms with E-state index in [9.17, 15) is 19.5 Å². The highest BCUT2D eigenvalue weighted by molar-refractivity contribution is 6.56. The van der Waals surface area contributed by atoms with Crippen molar-refractivity contribution in [3.05, 3.63) is 77.3 Å². The van der Waals surface area contributed by atoms with Crippen molar-refractivity contribution in [2.75, 3.05) is 39.1 Å². The highest BCUT2D eigenvalue weighted by Gasteiger charge is 2.52. The molecular weight excluding hydrogens is 613 g/mol. The second-order valence-corrected chi connectivity index (χ2v) is 13.8. The largest absolute Gasteiger partial charge is 0.492 e. The molecule has 0 saturated carbocycles. The van der Waals surface area contributed by atoms with Gasteiger partial charge in [0.15, 0.2) is 0 Å². The van der Waals surface area contributed by atoms with Crippen LogP contribution in [0.5, 0.6) is 5.75 Å². The van der Waals surface area contributed by atoms with Crippen molar-refractivity contribution in [1.82, 2.24) is 9.80 Å². The van der Waals surface area contributed by atoms with Gasteiger partial charge in [0.05, 0.1) is 17.7 Å². The molecule has 2 aromatic rings. The van der Waals surface area contributed by atoms with Gasteiger partial charge in [-0.2, -0.15) is 0 Å². The zero-order valence-corrected chi connectivity index (χ0v) is 29.9. The minimum Gasteiger partial charge on any atom is -0.492 e. The number of benzene rings is 2. The van der Waals surface area contributed by atoms with Crippen molar-refractivity contribution >= 4 is 36.5 Å². The summed E-state index contributed by atoms with van der Waals surface area (Å²) in [7, 11) is 2.68. The van der Waals surface area contributed by atoms with Crippen LogP contribution in [0.25, 0.3) is 5.57 Å². The number of likely N-dealkylation sites (N-methyl/N-ethyl adjacent to an activating group) is 1. The molecule has 0 aromatic heterocycles. The van der Waals surface area contributed by atoms with Gasteiger partial charge in [0.2, 0.25) is 5.91 Å². The van der Waals surface area contributed by atoms with Crippen LogP contribution in [0.2, 0.25) is 0 Å². The second kappa shape index (κ2) is 15.7. The molecule has 1 aliphatic rings. The van der Waals surface area contributed by atoms with E-state index in [-0.39, 0.29) is 25.6 Å². The molecule has 260 valence electrons. The predicted octanol–water partition coefficient (Wildman–Crippen LogP) is 6.88. The summed E-state index contributed by atoms with van der Waals surface area (Å²) in [6.45, 7) is 15.9. The number of nitrogens with one attached hydrogen (secondary N) is 1. The number of carbonyl (C=O) groups is 3. The first kappa shape index (κ1) is 38.2. The number of amides is 3. The molecule has 0 unspecified atom stereocenters. The fourth-order valence-corrected chi connectivity index (χ4v) is 4.81. The standard InChI is InChI=1S/C36H50BN3O8/c1-11-29(37-47-35(5,6)36(7,8)48-37)31(25-14-18-27(19-15-25)38-32(42)46-34(2,3)4)26-16-20-28(21-17-26)45-24-23-40(33(43)44)22-12-13-30(41)39(9)10/h12-21H,11,22-24H2,1-10H3,(H,38,42)(H,43,44)/b13-12+,31-29?. The van der Waals surface area contributed by atoms with Crippen molar-refractivity contribution in [2.24, 2.45) is 0 Å². The normalized spacial score (nSPS) is 15.9. The molecule has 1 aliphatic heterocycles. The summed E-state index contributed by atoms with van der Waals surface area (Å²) in [4.78, 5) is 38.4. The lowest BCUT2D eigenvalue weighted by Gasteiger charge is -2.32. The summed E-state index contributed by atoms with van der Waals surface area (Å²) in [6, 6.07) is 15.1. The van der Waals surface area contributed by atoms with Crippen LogP contribution in [0.3, 0.4) is 0 Å². The lowest BCUT2D eigenvalue weighted by Crippen LogP contribution is -2.41. The average Bonchev–Trinajstić information content (AvgIpc) is 3.20. The lowest BCUT2D eigenvalue weighted by molar-refractivity contribution is -0.123. The summed E-state index contributed by atoms with van der Waals surface area (Å²) in [6.07, 6.45) is 1.88. The fraction of sp³-hybridized carbons (Fsp3) is 0.472. The van der Waals surface area contributed by atoms with E-state index in [1.807, 2.05) is 97.0 Å². The molecule has 1 heterocycles. The summed E-state index contributed by atoms with van der Waals surface area (Å²) in [5, 5.41) is 12.4. The third-order valence-electron chi connectivity index (χ3n) is 8.13. The number of carbonyl (C=O) groups excluding carboxylic acids is 2. The van der Waals surface area contributed by atoms with E-state index in [0.29, 0.717) is 17.9 Å². The van der Waals surface area contributed by atoms with Crippen LogP contribution in [0.4, 0.5) is 15.3 Å². The van der Waals surface area contributed by atoms with Gasteiger partial charge in [0.1, 0.15) is 18.0 Å². The van der Waals surface area contributed by atoms with E-state index in [2.05, 4.69) is 12.2 Å². The Bertz CT molecular complexity index is 1480. The Balaban J connectivity index is 1.86. The van der Waals surface area contributed by atoms with Crippen molar-refractivity contribution in [3.63, 3.8) is 0 Å². The Kier molecular flexibility index (Phi) is 12.5. The molecule has 12 heteroatoms. The maximum Gasteiger partial charge on any atom is 0.491 e. The number of hydrogen-bond donors (Lipinski definition) is 2. The summed E-state index contributed by atoms with van der Waals surface area (Å²) < 4.78 is 24.3. The Labute approximate surface area is 285 Å². The molecule has 48 heavy (non-hydrogen) atoms. The smallest absolute Gasteiger partial charge is 0.491 e. The molecule has 1 saturated heterocycles. The van der Waals surface area contributed by atoms with Crippen LogP contribution in [0, 0.1) is 0 Å². The van der Waals surface area contributed by atoms with Crippen LogP contribution in [-0.2, 0) is 18.8 Å². The maximum absolute atomic E-state index is 12.4. The Morgan fingerprint density at radius 1 is 0.938 bits per heavy atom. The molecule has 0 radical (unpaired) electrons. The van der Waals surface area contributed by atoms with Gasteiger partial charge in [-0.15, -0.1) is 0 Å². The van der Waals surface area contributed by atoms with E-state index in [0.717, 1.165) is 22.2 Å². The zero-order valence-electron chi connectivity index (χ0n) is 29.9. The van der Waals surface area contributed by atoms with Gasteiger partial charge < -0.3 is 33.7 Å². The Hall–Kier alpha value is -4.29. The van der Waals surface area contributed by atoms with Gasteiger partial charge in [-0.3, -0.25) is 10.1 Å². The van der Waals surface area contributed by atoms with Crippen LogP contribution >= 0.6 is 0 Å². The molecule has 2 N–H and O–H groups in total. The maximum atomic E-state index is 12.4. The van der Waals surface area contributed by atoms with E-state index in [4.69, 9.17) is 18.8 Å². The predicted molar refractivity (Wildman–Crippen MR) is 188 cm³/mol. The third kappa shape index (κ3) is 10.4. The first-order chi connectivity index (χ1) is 22.3. The molecule has 0 spiro atoms. The number of nitrogens with zero attached hydrogens (tertiary/aromatic N) is 2. The molecule has 0 bridgehead atoms. The second-order valence-electron chi connectivity index (χ2n) is 13.8.